The van der Waals surface area contributed by atoms with Gasteiger partial charge in [-0.3, -0.25) is 4.79 Å². The zero-order valence-electron chi connectivity index (χ0n) is 14.6. The van der Waals surface area contributed by atoms with Crippen LogP contribution in [0.3, 0.4) is 0 Å². The molecule has 6 nitrogen and oxygen atoms in total. The third-order valence-electron chi connectivity index (χ3n) is 3.75. The van der Waals surface area contributed by atoms with E-state index in [1.165, 1.54) is 43.3 Å². The van der Waals surface area contributed by atoms with Crippen LogP contribution in [0.1, 0.15) is 12.5 Å². The quantitative estimate of drug-likeness (QED) is 0.646. The van der Waals surface area contributed by atoms with Gasteiger partial charge in [-0.1, -0.05) is 12.1 Å². The molecule has 1 heterocycles. The molecule has 0 radical (unpaired) electrons. The van der Waals surface area contributed by atoms with Gasteiger partial charge in [0.15, 0.2) is 17.6 Å². The highest BCUT2D eigenvalue weighted by molar-refractivity contribution is 5.96. The molecular weight excluding hydrogens is 353 g/mol. The molecule has 140 valence electrons. The number of halogens is 1. The molecule has 0 aliphatic carbocycles. The normalized spacial score (nSPS) is 13.9. The molecule has 7 heteroatoms. The number of carbonyl (C=O) groups is 2. The van der Waals surface area contributed by atoms with E-state index in [0.717, 1.165) is 0 Å². The lowest BCUT2D eigenvalue weighted by Gasteiger charge is -2.19. The van der Waals surface area contributed by atoms with E-state index in [4.69, 9.17) is 14.2 Å². The Morgan fingerprint density at radius 2 is 1.81 bits per heavy atom. The Balaban J connectivity index is 1.54. The molecule has 0 spiro atoms. The standard InChI is InChI=1S/C20H18FNO5/c1-13(27-19(23)9-4-14-2-5-15(21)6-3-14)20(24)22-16-7-8-17-18(12-16)26-11-10-25-17/h2-9,12-13H,10-11H2,1H3,(H,22,24)/b9-4+/t13-/m1/s1. The summed E-state index contributed by atoms with van der Waals surface area (Å²) in [6.07, 6.45) is 1.66. The lowest BCUT2D eigenvalue weighted by molar-refractivity contribution is -0.148. The lowest BCUT2D eigenvalue weighted by Crippen LogP contribution is -2.29. The summed E-state index contributed by atoms with van der Waals surface area (Å²) >= 11 is 0. The van der Waals surface area contributed by atoms with Crippen LogP contribution >= 0.6 is 0 Å². The van der Waals surface area contributed by atoms with Crippen LogP contribution in [0.15, 0.2) is 48.5 Å². The first-order valence-corrected chi connectivity index (χ1v) is 8.36. The molecule has 1 aliphatic rings. The smallest absolute Gasteiger partial charge is 0.331 e. The first-order valence-electron chi connectivity index (χ1n) is 8.36. The molecule has 0 saturated carbocycles. The van der Waals surface area contributed by atoms with Gasteiger partial charge in [0.25, 0.3) is 5.91 Å². The van der Waals surface area contributed by atoms with E-state index in [1.54, 1.807) is 18.2 Å². The molecule has 0 unspecified atom stereocenters. The lowest BCUT2D eigenvalue weighted by atomic mass is 10.2. The molecule has 2 aromatic rings. The van der Waals surface area contributed by atoms with Gasteiger partial charge in [0.2, 0.25) is 0 Å². The number of carbonyl (C=O) groups excluding carboxylic acids is 2. The number of hydrogen-bond acceptors (Lipinski definition) is 5. The number of esters is 1. The predicted octanol–water partition coefficient (Wildman–Crippen LogP) is 3.18. The van der Waals surface area contributed by atoms with E-state index in [-0.39, 0.29) is 5.82 Å². The number of rotatable bonds is 5. The van der Waals surface area contributed by atoms with Gasteiger partial charge < -0.3 is 19.5 Å². The molecule has 1 N–H and O–H groups in total. The van der Waals surface area contributed by atoms with Crippen molar-refractivity contribution in [2.75, 3.05) is 18.5 Å². The van der Waals surface area contributed by atoms with Crippen molar-refractivity contribution in [3.05, 3.63) is 59.9 Å². The molecule has 0 aromatic heterocycles. The van der Waals surface area contributed by atoms with Crippen molar-refractivity contribution in [2.24, 2.45) is 0 Å². The Kier molecular flexibility index (Phi) is 5.71. The van der Waals surface area contributed by atoms with Crippen molar-refractivity contribution in [1.82, 2.24) is 0 Å². The Morgan fingerprint density at radius 3 is 2.56 bits per heavy atom. The number of anilines is 1. The zero-order chi connectivity index (χ0) is 19.2. The van der Waals surface area contributed by atoms with Crippen molar-refractivity contribution in [1.29, 1.82) is 0 Å². The number of benzene rings is 2. The summed E-state index contributed by atoms with van der Waals surface area (Å²) < 4.78 is 28.8. The average molecular weight is 371 g/mol. The number of nitrogens with one attached hydrogen (secondary N) is 1. The van der Waals surface area contributed by atoms with E-state index in [0.29, 0.717) is 36.0 Å². The second kappa shape index (κ2) is 8.35. The first-order chi connectivity index (χ1) is 13.0. The highest BCUT2D eigenvalue weighted by Gasteiger charge is 2.18. The Labute approximate surface area is 155 Å². The van der Waals surface area contributed by atoms with Crippen LogP contribution < -0.4 is 14.8 Å². The van der Waals surface area contributed by atoms with Gasteiger partial charge in [0.05, 0.1) is 0 Å². The van der Waals surface area contributed by atoms with Crippen LogP contribution in [0.25, 0.3) is 6.08 Å². The molecule has 1 atom stereocenters. The molecule has 0 fully saturated rings. The fraction of sp³-hybridized carbons (Fsp3) is 0.200. The molecule has 0 bridgehead atoms. The predicted molar refractivity (Wildman–Crippen MR) is 97.0 cm³/mol. The summed E-state index contributed by atoms with van der Waals surface area (Å²) in [5, 5.41) is 2.66. The minimum atomic E-state index is -0.997. The monoisotopic (exact) mass is 371 g/mol. The van der Waals surface area contributed by atoms with Crippen molar-refractivity contribution in [3.63, 3.8) is 0 Å². The topological polar surface area (TPSA) is 73.9 Å². The average Bonchev–Trinajstić information content (AvgIpc) is 2.67. The molecule has 1 aliphatic heterocycles. The molecule has 0 saturated heterocycles. The maximum atomic E-state index is 12.8. The second-order valence-corrected chi connectivity index (χ2v) is 5.81. The zero-order valence-corrected chi connectivity index (χ0v) is 14.6. The Bertz CT molecular complexity index is 863. The van der Waals surface area contributed by atoms with Crippen LogP contribution in [0.2, 0.25) is 0 Å². The second-order valence-electron chi connectivity index (χ2n) is 5.81. The fourth-order valence-corrected chi connectivity index (χ4v) is 2.37. The Hall–Kier alpha value is -3.35. The van der Waals surface area contributed by atoms with E-state index >= 15 is 0 Å². The molecule has 3 rings (SSSR count). The summed E-state index contributed by atoms with van der Waals surface area (Å²) in [5.74, 6) is -0.353. The van der Waals surface area contributed by atoms with E-state index in [9.17, 15) is 14.0 Å². The van der Waals surface area contributed by atoms with Crippen LogP contribution in [0.4, 0.5) is 10.1 Å². The maximum Gasteiger partial charge on any atom is 0.331 e. The van der Waals surface area contributed by atoms with Gasteiger partial charge >= 0.3 is 5.97 Å². The number of ether oxygens (including phenoxy) is 3. The molecule has 1 amide bonds. The highest BCUT2D eigenvalue weighted by atomic mass is 19.1. The van der Waals surface area contributed by atoms with E-state index < -0.39 is 18.0 Å². The molecule has 2 aromatic carbocycles. The van der Waals surface area contributed by atoms with Gasteiger partial charge in [-0.25, -0.2) is 9.18 Å². The summed E-state index contributed by atoms with van der Waals surface area (Å²) in [5.41, 5.74) is 1.15. The third-order valence-corrected chi connectivity index (χ3v) is 3.75. The first kappa shape index (κ1) is 18.4. The third kappa shape index (κ3) is 5.07. The highest BCUT2D eigenvalue weighted by Crippen LogP contribution is 2.32. The van der Waals surface area contributed by atoms with Crippen LogP contribution in [-0.4, -0.2) is 31.2 Å². The number of hydrogen-bond donors (Lipinski definition) is 1. The molecular formula is C20H18FNO5. The Morgan fingerprint density at radius 1 is 1.11 bits per heavy atom. The summed E-state index contributed by atoms with van der Waals surface area (Å²) in [6, 6.07) is 10.6. The van der Waals surface area contributed by atoms with Gasteiger partial charge in [-0.05, 0) is 42.8 Å². The fourth-order valence-electron chi connectivity index (χ4n) is 2.37. The van der Waals surface area contributed by atoms with Crippen molar-refractivity contribution in [2.45, 2.75) is 13.0 Å². The number of amides is 1. The van der Waals surface area contributed by atoms with E-state index in [2.05, 4.69) is 5.32 Å². The van der Waals surface area contributed by atoms with Crippen LogP contribution in [0.5, 0.6) is 11.5 Å². The van der Waals surface area contributed by atoms with Gasteiger partial charge in [-0.15, -0.1) is 0 Å². The van der Waals surface area contributed by atoms with Crippen LogP contribution in [-0.2, 0) is 14.3 Å². The van der Waals surface area contributed by atoms with Crippen molar-refractivity contribution in [3.8, 4) is 11.5 Å². The molecule has 27 heavy (non-hydrogen) atoms. The van der Waals surface area contributed by atoms with Gasteiger partial charge in [-0.2, -0.15) is 0 Å². The minimum Gasteiger partial charge on any atom is -0.486 e. The van der Waals surface area contributed by atoms with E-state index in [1.807, 2.05) is 0 Å². The van der Waals surface area contributed by atoms with Crippen LogP contribution in [0, 0.1) is 5.82 Å². The van der Waals surface area contributed by atoms with Crippen molar-refractivity contribution < 1.29 is 28.2 Å². The SMILES string of the molecule is C[C@@H](OC(=O)/C=C/c1ccc(F)cc1)C(=O)Nc1ccc2c(c1)OCCO2. The maximum absolute atomic E-state index is 12.8. The number of fused-ring (bicyclic) bond motifs is 1. The summed E-state index contributed by atoms with van der Waals surface area (Å²) in [4.78, 5) is 24.0. The summed E-state index contributed by atoms with van der Waals surface area (Å²) in [7, 11) is 0. The summed E-state index contributed by atoms with van der Waals surface area (Å²) in [6.45, 7) is 2.40. The minimum absolute atomic E-state index is 0.362. The van der Waals surface area contributed by atoms with Gasteiger partial charge in [0, 0.05) is 17.8 Å². The largest absolute Gasteiger partial charge is 0.486 e. The van der Waals surface area contributed by atoms with Crippen molar-refractivity contribution >= 4 is 23.6 Å². The van der Waals surface area contributed by atoms with Gasteiger partial charge in [0.1, 0.15) is 19.0 Å².